The second kappa shape index (κ2) is 7.57. The number of nitrogens with zero attached hydrogens (tertiary/aromatic N) is 1. The molecule has 0 saturated carbocycles. The van der Waals surface area contributed by atoms with E-state index in [-0.39, 0.29) is 18.0 Å². The largest absolute Gasteiger partial charge is 0.383 e. The molecule has 1 aliphatic rings. The second-order valence-corrected chi connectivity index (χ2v) is 5.69. The summed E-state index contributed by atoms with van der Waals surface area (Å²) in [5.74, 6) is 0.191. The van der Waals surface area contributed by atoms with Gasteiger partial charge in [-0.3, -0.25) is 4.79 Å². The van der Waals surface area contributed by atoms with Crippen LogP contribution in [0, 0.1) is 0 Å². The fourth-order valence-electron chi connectivity index (χ4n) is 2.79. The van der Waals surface area contributed by atoms with Crippen molar-refractivity contribution in [1.82, 2.24) is 10.2 Å². The first-order chi connectivity index (χ1) is 10.2. The van der Waals surface area contributed by atoms with Gasteiger partial charge in [0.05, 0.1) is 12.6 Å². The van der Waals surface area contributed by atoms with Gasteiger partial charge in [0.25, 0.3) is 0 Å². The van der Waals surface area contributed by atoms with E-state index in [9.17, 15) is 4.79 Å². The Hall–Kier alpha value is -1.39. The zero-order valence-electron chi connectivity index (χ0n) is 13.3. The van der Waals surface area contributed by atoms with Crippen LogP contribution in [0.3, 0.4) is 0 Å². The molecule has 0 saturated heterocycles. The molecule has 1 unspecified atom stereocenters. The number of methoxy groups -OCH3 is 1. The van der Waals surface area contributed by atoms with Crippen LogP contribution in [0.1, 0.15) is 31.4 Å². The van der Waals surface area contributed by atoms with E-state index in [1.54, 1.807) is 7.11 Å². The molecule has 0 fully saturated rings. The molecule has 4 nitrogen and oxygen atoms in total. The molecule has 1 N–H and O–H groups in total. The van der Waals surface area contributed by atoms with Crippen LogP contribution in [0.5, 0.6) is 0 Å². The summed E-state index contributed by atoms with van der Waals surface area (Å²) >= 11 is 0. The maximum Gasteiger partial charge on any atom is 0.240 e. The van der Waals surface area contributed by atoms with Gasteiger partial charge in [0.2, 0.25) is 5.91 Å². The topological polar surface area (TPSA) is 41.6 Å². The number of rotatable bonds is 6. The zero-order chi connectivity index (χ0) is 15.2. The maximum absolute atomic E-state index is 12.8. The summed E-state index contributed by atoms with van der Waals surface area (Å²) in [7, 11) is 1.67. The number of carbonyl (C=O) groups excluding carboxylic acids is 1. The van der Waals surface area contributed by atoms with Crippen molar-refractivity contribution in [3.63, 3.8) is 0 Å². The lowest BCUT2D eigenvalue weighted by Gasteiger charge is -2.34. The predicted molar refractivity (Wildman–Crippen MR) is 84.1 cm³/mol. The van der Waals surface area contributed by atoms with E-state index in [1.165, 1.54) is 11.1 Å². The highest BCUT2D eigenvalue weighted by atomic mass is 16.5. The van der Waals surface area contributed by atoms with Crippen LogP contribution >= 0.6 is 0 Å². The number of amides is 1. The van der Waals surface area contributed by atoms with Crippen LogP contribution in [0.25, 0.3) is 0 Å². The maximum atomic E-state index is 12.8. The average Bonchev–Trinajstić information content (AvgIpc) is 2.54. The zero-order valence-corrected chi connectivity index (χ0v) is 13.3. The summed E-state index contributed by atoms with van der Waals surface area (Å²) in [6.07, 6.45) is 1.73. The van der Waals surface area contributed by atoms with Gasteiger partial charge >= 0.3 is 0 Å². The molecule has 0 aromatic heterocycles. The van der Waals surface area contributed by atoms with Gasteiger partial charge in [0.15, 0.2) is 0 Å². The summed E-state index contributed by atoms with van der Waals surface area (Å²) in [6, 6.07) is 8.47. The molecule has 21 heavy (non-hydrogen) atoms. The monoisotopic (exact) mass is 290 g/mol. The molecule has 1 aromatic rings. The quantitative estimate of drug-likeness (QED) is 0.871. The molecular formula is C17H26N2O2. The first kappa shape index (κ1) is 16.0. The molecule has 2 atom stereocenters. The molecular weight excluding hydrogens is 264 g/mol. The highest BCUT2D eigenvalue weighted by Crippen LogP contribution is 2.18. The Labute approximate surface area is 127 Å². The number of hydrogen-bond donors (Lipinski definition) is 1. The molecule has 2 rings (SSSR count). The molecule has 1 amide bonds. The molecule has 0 aliphatic carbocycles. The van der Waals surface area contributed by atoms with Crippen molar-refractivity contribution in [1.29, 1.82) is 0 Å². The van der Waals surface area contributed by atoms with Gasteiger partial charge in [-0.25, -0.2) is 0 Å². The Morgan fingerprint density at radius 1 is 1.43 bits per heavy atom. The Bertz CT molecular complexity index is 476. The third-order valence-corrected chi connectivity index (χ3v) is 4.32. The van der Waals surface area contributed by atoms with Crippen LogP contribution in [-0.2, 0) is 22.5 Å². The van der Waals surface area contributed by atoms with Gasteiger partial charge in [-0.2, -0.15) is 0 Å². The molecule has 1 heterocycles. The predicted octanol–water partition coefficient (Wildman–Crippen LogP) is 1.97. The van der Waals surface area contributed by atoms with Gasteiger partial charge < -0.3 is 15.0 Å². The first-order valence-corrected chi connectivity index (χ1v) is 7.77. The van der Waals surface area contributed by atoms with Crippen LogP contribution in [0.2, 0.25) is 0 Å². The fourth-order valence-corrected chi connectivity index (χ4v) is 2.79. The lowest BCUT2D eigenvalue weighted by molar-refractivity contribution is -0.136. The van der Waals surface area contributed by atoms with Crippen molar-refractivity contribution in [2.45, 2.75) is 45.3 Å². The van der Waals surface area contributed by atoms with E-state index in [4.69, 9.17) is 4.74 Å². The van der Waals surface area contributed by atoms with Crippen molar-refractivity contribution < 1.29 is 9.53 Å². The Morgan fingerprint density at radius 3 is 2.81 bits per heavy atom. The summed E-state index contributed by atoms with van der Waals surface area (Å²) in [6.45, 7) is 6.22. The van der Waals surface area contributed by atoms with Crippen LogP contribution in [0.4, 0.5) is 0 Å². The van der Waals surface area contributed by atoms with Gasteiger partial charge in [-0.05, 0) is 30.9 Å². The molecule has 116 valence electrons. The van der Waals surface area contributed by atoms with Gasteiger partial charge in [0, 0.05) is 26.2 Å². The first-order valence-electron chi connectivity index (χ1n) is 7.77. The van der Waals surface area contributed by atoms with Gasteiger partial charge in [0.1, 0.15) is 0 Å². The third-order valence-electron chi connectivity index (χ3n) is 4.32. The minimum atomic E-state index is -0.120. The lowest BCUT2D eigenvalue weighted by Crippen LogP contribution is -2.52. The van der Waals surface area contributed by atoms with Crippen LogP contribution in [0.15, 0.2) is 24.3 Å². The average molecular weight is 290 g/mol. The SMILES string of the molecule is CCC(C)N(CCOC)C(=O)[C@H]1Cc2ccccc2CN1. The third kappa shape index (κ3) is 3.83. The Balaban J connectivity index is 2.07. The normalized spacial score (nSPS) is 18.9. The smallest absolute Gasteiger partial charge is 0.240 e. The number of ether oxygens (including phenoxy) is 1. The number of hydrogen-bond acceptors (Lipinski definition) is 3. The summed E-state index contributed by atoms with van der Waals surface area (Å²) in [5.41, 5.74) is 2.58. The molecule has 1 aromatic carbocycles. The number of fused-ring (bicyclic) bond motifs is 1. The molecule has 0 spiro atoms. The Morgan fingerprint density at radius 2 is 2.14 bits per heavy atom. The van der Waals surface area contributed by atoms with Crippen molar-refractivity contribution in [3.8, 4) is 0 Å². The molecule has 1 aliphatic heterocycles. The van der Waals surface area contributed by atoms with Crippen molar-refractivity contribution in [2.75, 3.05) is 20.3 Å². The highest BCUT2D eigenvalue weighted by molar-refractivity contribution is 5.83. The highest BCUT2D eigenvalue weighted by Gasteiger charge is 2.29. The molecule has 0 bridgehead atoms. The van der Waals surface area contributed by atoms with E-state index in [0.717, 1.165) is 19.4 Å². The van der Waals surface area contributed by atoms with E-state index in [0.29, 0.717) is 13.2 Å². The van der Waals surface area contributed by atoms with Crippen LogP contribution < -0.4 is 5.32 Å². The van der Waals surface area contributed by atoms with Gasteiger partial charge in [-0.1, -0.05) is 31.2 Å². The van der Waals surface area contributed by atoms with E-state index < -0.39 is 0 Å². The van der Waals surface area contributed by atoms with Crippen molar-refractivity contribution in [3.05, 3.63) is 35.4 Å². The van der Waals surface area contributed by atoms with Crippen molar-refractivity contribution >= 4 is 5.91 Å². The van der Waals surface area contributed by atoms with Crippen molar-refractivity contribution in [2.24, 2.45) is 0 Å². The molecule has 0 radical (unpaired) electrons. The minimum absolute atomic E-state index is 0.120. The summed E-state index contributed by atoms with van der Waals surface area (Å²) in [4.78, 5) is 14.8. The second-order valence-electron chi connectivity index (χ2n) is 5.69. The lowest BCUT2D eigenvalue weighted by atomic mass is 9.95. The number of nitrogens with one attached hydrogen (secondary N) is 1. The fraction of sp³-hybridized carbons (Fsp3) is 0.588. The Kier molecular flexibility index (Phi) is 5.76. The van der Waals surface area contributed by atoms with Gasteiger partial charge in [-0.15, -0.1) is 0 Å². The van der Waals surface area contributed by atoms with E-state index >= 15 is 0 Å². The standard InChI is InChI=1S/C17H26N2O2/c1-4-13(2)19(9-10-21-3)17(20)16-11-14-7-5-6-8-15(14)12-18-16/h5-8,13,16,18H,4,9-12H2,1-3H3/t13?,16-/m1/s1. The summed E-state index contributed by atoms with van der Waals surface area (Å²) < 4.78 is 5.15. The number of carbonyl (C=O) groups is 1. The van der Waals surface area contributed by atoms with E-state index in [1.807, 2.05) is 17.0 Å². The minimum Gasteiger partial charge on any atom is -0.383 e. The van der Waals surface area contributed by atoms with Crippen LogP contribution in [-0.4, -0.2) is 43.2 Å². The van der Waals surface area contributed by atoms with E-state index in [2.05, 4.69) is 31.3 Å². The summed E-state index contributed by atoms with van der Waals surface area (Å²) in [5, 5.41) is 3.38. The molecule has 4 heteroatoms. The number of benzene rings is 1.